The number of methoxy groups -OCH3 is 1. The lowest BCUT2D eigenvalue weighted by Crippen LogP contribution is -2.29. The van der Waals surface area contributed by atoms with Crippen molar-refractivity contribution in [3.05, 3.63) is 54.1 Å². The molecular formula is C19H21N3O3. The summed E-state index contributed by atoms with van der Waals surface area (Å²) in [5, 5.41) is 14.7. The molecule has 0 radical (unpaired) electrons. The van der Waals surface area contributed by atoms with Crippen molar-refractivity contribution in [2.45, 2.75) is 6.42 Å². The van der Waals surface area contributed by atoms with Gasteiger partial charge in [-0.05, 0) is 48.5 Å². The normalized spacial score (nSPS) is 9.76. The molecule has 0 aliphatic rings. The van der Waals surface area contributed by atoms with Crippen LogP contribution in [0.5, 0.6) is 11.5 Å². The standard InChI is InChI=1S/C19H21N3O3/c1-24-17-6-8-18(9-7-17)25-13-12-22-19(23)10-11-21-16-4-2-15(14-20)3-5-16/h2-9,21H,10-13H2,1H3,(H,22,23). The van der Waals surface area contributed by atoms with Gasteiger partial charge in [0.05, 0.1) is 25.3 Å². The molecule has 0 aliphatic heterocycles. The van der Waals surface area contributed by atoms with Gasteiger partial charge in [-0.15, -0.1) is 0 Å². The number of ether oxygens (including phenoxy) is 2. The predicted octanol–water partition coefficient (Wildman–Crippen LogP) is 2.56. The molecule has 6 nitrogen and oxygen atoms in total. The monoisotopic (exact) mass is 339 g/mol. The summed E-state index contributed by atoms with van der Waals surface area (Å²) in [5.74, 6) is 1.47. The van der Waals surface area contributed by atoms with E-state index in [-0.39, 0.29) is 5.91 Å². The summed E-state index contributed by atoms with van der Waals surface area (Å²) >= 11 is 0. The number of anilines is 1. The van der Waals surface area contributed by atoms with Crippen molar-refractivity contribution in [1.29, 1.82) is 5.26 Å². The molecule has 0 aliphatic carbocycles. The Morgan fingerprint density at radius 3 is 2.36 bits per heavy atom. The number of nitriles is 1. The average molecular weight is 339 g/mol. The van der Waals surface area contributed by atoms with Crippen LogP contribution in [0.25, 0.3) is 0 Å². The topological polar surface area (TPSA) is 83.4 Å². The first-order valence-corrected chi connectivity index (χ1v) is 7.99. The SMILES string of the molecule is COc1ccc(OCCNC(=O)CCNc2ccc(C#N)cc2)cc1. The van der Waals surface area contributed by atoms with E-state index in [1.54, 1.807) is 19.2 Å². The number of carbonyl (C=O) groups is 1. The van der Waals surface area contributed by atoms with Gasteiger partial charge in [0, 0.05) is 18.7 Å². The van der Waals surface area contributed by atoms with E-state index in [1.807, 2.05) is 36.4 Å². The molecule has 2 aromatic carbocycles. The molecule has 6 heteroatoms. The number of carbonyl (C=O) groups excluding carboxylic acids is 1. The Morgan fingerprint density at radius 1 is 1.04 bits per heavy atom. The number of benzene rings is 2. The Labute approximate surface area is 147 Å². The highest BCUT2D eigenvalue weighted by atomic mass is 16.5. The van der Waals surface area contributed by atoms with Crippen LogP contribution in [0.2, 0.25) is 0 Å². The van der Waals surface area contributed by atoms with Gasteiger partial charge in [-0.2, -0.15) is 5.26 Å². The van der Waals surface area contributed by atoms with Gasteiger partial charge in [0.15, 0.2) is 0 Å². The lowest BCUT2D eigenvalue weighted by atomic mass is 10.2. The molecule has 2 rings (SSSR count). The molecule has 0 heterocycles. The van der Waals surface area contributed by atoms with Crippen molar-refractivity contribution < 1.29 is 14.3 Å². The minimum absolute atomic E-state index is 0.0422. The van der Waals surface area contributed by atoms with Crippen LogP contribution in [0.4, 0.5) is 5.69 Å². The number of nitrogens with zero attached hydrogens (tertiary/aromatic N) is 1. The lowest BCUT2D eigenvalue weighted by Gasteiger charge is -2.09. The van der Waals surface area contributed by atoms with Gasteiger partial charge < -0.3 is 20.1 Å². The summed E-state index contributed by atoms with van der Waals surface area (Å²) in [6.07, 6.45) is 0.364. The molecule has 0 atom stereocenters. The maximum atomic E-state index is 11.8. The van der Waals surface area contributed by atoms with Crippen molar-refractivity contribution in [1.82, 2.24) is 5.32 Å². The molecule has 2 aromatic rings. The van der Waals surface area contributed by atoms with Crippen LogP contribution in [0.15, 0.2) is 48.5 Å². The van der Waals surface area contributed by atoms with Crippen LogP contribution in [-0.4, -0.2) is 32.7 Å². The highest BCUT2D eigenvalue weighted by Gasteiger charge is 2.01. The van der Waals surface area contributed by atoms with Gasteiger partial charge in [0.2, 0.25) is 5.91 Å². The molecule has 0 saturated heterocycles. The second kappa shape index (κ2) is 9.83. The third-order valence-electron chi connectivity index (χ3n) is 3.45. The molecule has 0 unspecified atom stereocenters. The summed E-state index contributed by atoms with van der Waals surface area (Å²) in [4.78, 5) is 11.8. The summed E-state index contributed by atoms with van der Waals surface area (Å²) < 4.78 is 10.6. The number of rotatable bonds is 9. The first-order chi connectivity index (χ1) is 12.2. The summed E-state index contributed by atoms with van der Waals surface area (Å²) in [7, 11) is 1.61. The minimum Gasteiger partial charge on any atom is -0.497 e. The van der Waals surface area contributed by atoms with Crippen molar-refractivity contribution in [3.8, 4) is 17.6 Å². The summed E-state index contributed by atoms with van der Waals surface area (Å²) in [5.41, 5.74) is 1.50. The molecule has 0 saturated carbocycles. The van der Waals surface area contributed by atoms with E-state index in [0.29, 0.717) is 31.7 Å². The third-order valence-corrected chi connectivity index (χ3v) is 3.45. The zero-order valence-corrected chi connectivity index (χ0v) is 14.1. The molecule has 25 heavy (non-hydrogen) atoms. The van der Waals surface area contributed by atoms with Crippen molar-refractivity contribution >= 4 is 11.6 Å². The van der Waals surface area contributed by atoms with Gasteiger partial charge >= 0.3 is 0 Å². The zero-order valence-electron chi connectivity index (χ0n) is 14.1. The van der Waals surface area contributed by atoms with E-state index in [1.165, 1.54) is 0 Å². The quantitative estimate of drug-likeness (QED) is 0.686. The van der Waals surface area contributed by atoms with Crippen LogP contribution in [0, 0.1) is 11.3 Å². The van der Waals surface area contributed by atoms with Gasteiger partial charge in [0.1, 0.15) is 18.1 Å². The fraction of sp³-hybridized carbons (Fsp3) is 0.263. The van der Waals surface area contributed by atoms with Gasteiger partial charge in [-0.3, -0.25) is 4.79 Å². The van der Waals surface area contributed by atoms with Crippen LogP contribution in [0.1, 0.15) is 12.0 Å². The Bertz CT molecular complexity index is 706. The molecule has 2 N–H and O–H groups in total. The Kier molecular flexibility index (Phi) is 7.13. The molecule has 1 amide bonds. The van der Waals surface area contributed by atoms with E-state index in [4.69, 9.17) is 14.7 Å². The van der Waals surface area contributed by atoms with E-state index < -0.39 is 0 Å². The number of nitrogens with one attached hydrogen (secondary N) is 2. The maximum absolute atomic E-state index is 11.8. The van der Waals surface area contributed by atoms with Gasteiger partial charge in [-0.1, -0.05) is 0 Å². The van der Waals surface area contributed by atoms with Crippen LogP contribution < -0.4 is 20.1 Å². The summed E-state index contributed by atoms with van der Waals surface area (Å²) in [6, 6.07) is 16.5. The molecular weight excluding hydrogens is 318 g/mol. The minimum atomic E-state index is -0.0422. The zero-order chi connectivity index (χ0) is 17.9. The van der Waals surface area contributed by atoms with Gasteiger partial charge in [0.25, 0.3) is 0 Å². The van der Waals surface area contributed by atoms with Crippen LogP contribution >= 0.6 is 0 Å². The maximum Gasteiger partial charge on any atom is 0.221 e. The molecule has 0 aromatic heterocycles. The lowest BCUT2D eigenvalue weighted by molar-refractivity contribution is -0.120. The van der Waals surface area contributed by atoms with Crippen molar-refractivity contribution in [3.63, 3.8) is 0 Å². The molecule has 0 bridgehead atoms. The highest BCUT2D eigenvalue weighted by Crippen LogP contribution is 2.16. The Hall–Kier alpha value is -3.20. The molecule has 130 valence electrons. The van der Waals surface area contributed by atoms with Gasteiger partial charge in [-0.25, -0.2) is 0 Å². The first-order valence-electron chi connectivity index (χ1n) is 7.99. The van der Waals surface area contributed by atoms with Crippen molar-refractivity contribution in [2.24, 2.45) is 0 Å². The molecule has 0 fully saturated rings. The number of hydrogen-bond donors (Lipinski definition) is 2. The fourth-order valence-electron chi connectivity index (χ4n) is 2.10. The first kappa shape index (κ1) is 18.1. The summed E-state index contributed by atoms with van der Waals surface area (Å²) in [6.45, 7) is 1.37. The highest BCUT2D eigenvalue weighted by molar-refractivity contribution is 5.76. The van der Waals surface area contributed by atoms with Crippen LogP contribution in [-0.2, 0) is 4.79 Å². The number of hydrogen-bond acceptors (Lipinski definition) is 5. The predicted molar refractivity (Wildman–Crippen MR) is 95.8 cm³/mol. The second-order valence-corrected chi connectivity index (χ2v) is 5.24. The average Bonchev–Trinajstić information content (AvgIpc) is 2.66. The smallest absolute Gasteiger partial charge is 0.221 e. The Morgan fingerprint density at radius 2 is 1.72 bits per heavy atom. The van der Waals surface area contributed by atoms with E-state index in [0.717, 1.165) is 17.2 Å². The van der Waals surface area contributed by atoms with Crippen LogP contribution in [0.3, 0.4) is 0 Å². The Balaban J connectivity index is 1.58. The fourth-order valence-corrected chi connectivity index (χ4v) is 2.10. The molecule has 0 spiro atoms. The largest absolute Gasteiger partial charge is 0.497 e. The van der Waals surface area contributed by atoms with E-state index in [9.17, 15) is 4.79 Å². The number of amides is 1. The second-order valence-electron chi connectivity index (χ2n) is 5.24. The van der Waals surface area contributed by atoms with Crippen molar-refractivity contribution in [2.75, 3.05) is 32.1 Å². The van der Waals surface area contributed by atoms with E-state index >= 15 is 0 Å². The third kappa shape index (κ3) is 6.43. The van der Waals surface area contributed by atoms with E-state index in [2.05, 4.69) is 16.7 Å².